The number of hydrogen-bond acceptors (Lipinski definition) is 4. The summed E-state index contributed by atoms with van der Waals surface area (Å²) in [5, 5.41) is 3.39. The molecule has 2 atom stereocenters. The lowest BCUT2D eigenvalue weighted by Crippen LogP contribution is -2.32. The lowest BCUT2D eigenvalue weighted by molar-refractivity contribution is 0.0232. The van der Waals surface area contributed by atoms with Crippen molar-refractivity contribution in [3.63, 3.8) is 0 Å². The van der Waals surface area contributed by atoms with Gasteiger partial charge in [-0.2, -0.15) is 0 Å². The maximum atomic E-state index is 11.0. The van der Waals surface area contributed by atoms with E-state index >= 15 is 0 Å². The summed E-state index contributed by atoms with van der Waals surface area (Å²) in [6.07, 6.45) is 2.18. The highest BCUT2D eigenvalue weighted by molar-refractivity contribution is 5.94. The quantitative estimate of drug-likeness (QED) is 0.705. The molecule has 0 bridgehead atoms. The average molecular weight is 249 g/mol. The van der Waals surface area contributed by atoms with Gasteiger partial charge in [0.05, 0.1) is 17.5 Å². The van der Waals surface area contributed by atoms with Crippen molar-refractivity contribution in [2.24, 2.45) is 5.73 Å². The Kier molecular flexibility index (Phi) is 3.72. The second-order valence-electron chi connectivity index (χ2n) is 4.71. The van der Waals surface area contributed by atoms with Crippen LogP contribution in [0.1, 0.15) is 30.1 Å². The summed E-state index contributed by atoms with van der Waals surface area (Å²) >= 11 is 0. The van der Waals surface area contributed by atoms with Crippen LogP contribution in [0.5, 0.6) is 0 Å². The van der Waals surface area contributed by atoms with Crippen LogP contribution in [0.15, 0.2) is 18.2 Å². The van der Waals surface area contributed by atoms with Gasteiger partial charge in [-0.3, -0.25) is 4.79 Å². The van der Waals surface area contributed by atoms with Gasteiger partial charge in [0.15, 0.2) is 0 Å². The summed E-state index contributed by atoms with van der Waals surface area (Å²) in [5.74, 6) is -0.465. The van der Waals surface area contributed by atoms with Crippen LogP contribution in [-0.2, 0) is 4.74 Å². The molecule has 1 heterocycles. The van der Waals surface area contributed by atoms with Crippen molar-refractivity contribution >= 4 is 17.3 Å². The summed E-state index contributed by atoms with van der Waals surface area (Å²) in [5.41, 5.74) is 12.9. The van der Waals surface area contributed by atoms with Gasteiger partial charge in [-0.05, 0) is 38.0 Å². The monoisotopic (exact) mass is 249 g/mol. The van der Waals surface area contributed by atoms with Gasteiger partial charge in [0, 0.05) is 18.2 Å². The van der Waals surface area contributed by atoms with Gasteiger partial charge in [0.25, 0.3) is 0 Å². The van der Waals surface area contributed by atoms with Gasteiger partial charge in [0.2, 0.25) is 5.91 Å². The van der Waals surface area contributed by atoms with Crippen LogP contribution in [-0.4, -0.2) is 24.7 Å². The van der Waals surface area contributed by atoms with Gasteiger partial charge in [0.1, 0.15) is 0 Å². The third kappa shape index (κ3) is 2.92. The SMILES string of the molecule is CC1CC(Nc2ccc(C(N)=O)cc2N)CCO1. The van der Waals surface area contributed by atoms with Gasteiger partial charge in [-0.15, -0.1) is 0 Å². The molecule has 0 spiro atoms. The van der Waals surface area contributed by atoms with E-state index in [1.54, 1.807) is 18.2 Å². The van der Waals surface area contributed by atoms with Crippen molar-refractivity contribution in [2.75, 3.05) is 17.7 Å². The van der Waals surface area contributed by atoms with Gasteiger partial charge < -0.3 is 21.5 Å². The molecule has 2 unspecified atom stereocenters. The first-order chi connectivity index (χ1) is 8.56. The fourth-order valence-electron chi connectivity index (χ4n) is 2.20. The van der Waals surface area contributed by atoms with Crippen LogP contribution in [0.25, 0.3) is 0 Å². The number of anilines is 2. The molecular weight excluding hydrogens is 230 g/mol. The number of ether oxygens (including phenoxy) is 1. The molecule has 0 aromatic heterocycles. The molecule has 2 rings (SSSR count). The Morgan fingerprint density at radius 3 is 2.89 bits per heavy atom. The molecule has 1 aliphatic heterocycles. The van der Waals surface area contributed by atoms with Gasteiger partial charge in [-0.25, -0.2) is 0 Å². The number of nitrogens with two attached hydrogens (primary N) is 2. The standard InChI is InChI=1S/C13H19N3O2/c1-8-6-10(4-5-18-8)16-12-3-2-9(13(15)17)7-11(12)14/h2-3,7-8,10,16H,4-6,14H2,1H3,(H2,15,17). The van der Waals surface area contributed by atoms with Crippen molar-refractivity contribution in [1.82, 2.24) is 0 Å². The number of nitrogen functional groups attached to an aromatic ring is 1. The number of rotatable bonds is 3. The number of hydrogen-bond donors (Lipinski definition) is 3. The second-order valence-corrected chi connectivity index (χ2v) is 4.71. The van der Waals surface area contributed by atoms with E-state index in [2.05, 4.69) is 12.2 Å². The van der Waals surface area contributed by atoms with Crippen LogP contribution >= 0.6 is 0 Å². The molecule has 5 heteroatoms. The molecule has 0 aliphatic carbocycles. The third-order valence-electron chi connectivity index (χ3n) is 3.18. The zero-order valence-electron chi connectivity index (χ0n) is 10.5. The molecule has 18 heavy (non-hydrogen) atoms. The van der Waals surface area contributed by atoms with Gasteiger partial charge >= 0.3 is 0 Å². The van der Waals surface area contributed by atoms with E-state index in [-0.39, 0.29) is 6.10 Å². The largest absolute Gasteiger partial charge is 0.397 e. The summed E-state index contributed by atoms with van der Waals surface area (Å²) in [6, 6.07) is 5.45. The summed E-state index contributed by atoms with van der Waals surface area (Å²) in [7, 11) is 0. The number of carbonyl (C=O) groups excluding carboxylic acids is 1. The lowest BCUT2D eigenvalue weighted by Gasteiger charge is -2.29. The normalized spacial score (nSPS) is 23.6. The molecular formula is C13H19N3O2. The molecule has 1 saturated heterocycles. The first kappa shape index (κ1) is 12.7. The lowest BCUT2D eigenvalue weighted by atomic mass is 10.0. The third-order valence-corrected chi connectivity index (χ3v) is 3.18. The fraction of sp³-hybridized carbons (Fsp3) is 0.462. The van der Waals surface area contributed by atoms with Crippen LogP contribution in [0.4, 0.5) is 11.4 Å². The van der Waals surface area contributed by atoms with E-state index in [4.69, 9.17) is 16.2 Å². The van der Waals surface area contributed by atoms with Crippen LogP contribution in [0.3, 0.4) is 0 Å². The van der Waals surface area contributed by atoms with E-state index in [0.717, 1.165) is 25.1 Å². The van der Waals surface area contributed by atoms with Crippen molar-refractivity contribution in [1.29, 1.82) is 0 Å². The Labute approximate surface area is 106 Å². The minimum absolute atomic E-state index is 0.266. The maximum Gasteiger partial charge on any atom is 0.248 e. The zero-order chi connectivity index (χ0) is 13.1. The predicted octanol–water partition coefficient (Wildman–Crippen LogP) is 1.35. The van der Waals surface area contributed by atoms with Crippen LogP contribution in [0.2, 0.25) is 0 Å². The number of benzene rings is 1. The highest BCUT2D eigenvalue weighted by Gasteiger charge is 2.19. The minimum Gasteiger partial charge on any atom is -0.397 e. The minimum atomic E-state index is -0.465. The summed E-state index contributed by atoms with van der Waals surface area (Å²) in [6.45, 7) is 2.82. The molecule has 0 saturated carbocycles. The van der Waals surface area contributed by atoms with Crippen molar-refractivity contribution < 1.29 is 9.53 Å². The highest BCUT2D eigenvalue weighted by atomic mass is 16.5. The van der Waals surface area contributed by atoms with Crippen molar-refractivity contribution in [3.05, 3.63) is 23.8 Å². The van der Waals surface area contributed by atoms with E-state index in [9.17, 15) is 4.79 Å². The number of carbonyl (C=O) groups is 1. The van der Waals surface area contributed by atoms with Crippen molar-refractivity contribution in [3.8, 4) is 0 Å². The molecule has 98 valence electrons. The zero-order valence-corrected chi connectivity index (χ0v) is 10.5. The van der Waals surface area contributed by atoms with E-state index in [0.29, 0.717) is 17.3 Å². The highest BCUT2D eigenvalue weighted by Crippen LogP contribution is 2.24. The van der Waals surface area contributed by atoms with Gasteiger partial charge in [-0.1, -0.05) is 0 Å². The average Bonchev–Trinajstić information content (AvgIpc) is 2.31. The van der Waals surface area contributed by atoms with E-state index in [1.165, 1.54) is 0 Å². The Hall–Kier alpha value is -1.75. The summed E-state index contributed by atoms with van der Waals surface area (Å²) < 4.78 is 5.49. The smallest absolute Gasteiger partial charge is 0.248 e. The molecule has 1 aliphatic rings. The Bertz CT molecular complexity index is 448. The maximum absolute atomic E-state index is 11.0. The molecule has 1 aromatic carbocycles. The molecule has 5 N–H and O–H groups in total. The van der Waals surface area contributed by atoms with E-state index in [1.807, 2.05) is 0 Å². The summed E-state index contributed by atoms with van der Waals surface area (Å²) in [4.78, 5) is 11.0. The Balaban J connectivity index is 2.07. The molecule has 5 nitrogen and oxygen atoms in total. The number of nitrogens with one attached hydrogen (secondary N) is 1. The van der Waals surface area contributed by atoms with E-state index < -0.39 is 5.91 Å². The molecule has 1 fully saturated rings. The number of primary amides is 1. The molecule has 1 amide bonds. The first-order valence-corrected chi connectivity index (χ1v) is 6.13. The Morgan fingerprint density at radius 2 is 2.28 bits per heavy atom. The topological polar surface area (TPSA) is 90.4 Å². The second kappa shape index (κ2) is 5.27. The predicted molar refractivity (Wildman–Crippen MR) is 71.4 cm³/mol. The van der Waals surface area contributed by atoms with Crippen LogP contribution < -0.4 is 16.8 Å². The Morgan fingerprint density at radius 1 is 1.50 bits per heavy atom. The van der Waals surface area contributed by atoms with Crippen LogP contribution in [0, 0.1) is 0 Å². The molecule has 1 aromatic rings. The first-order valence-electron chi connectivity index (χ1n) is 6.13. The van der Waals surface area contributed by atoms with Crippen molar-refractivity contribution in [2.45, 2.75) is 31.9 Å². The number of amides is 1. The fourth-order valence-corrected chi connectivity index (χ4v) is 2.20. The molecule has 0 radical (unpaired) electrons.